The fourth-order valence-corrected chi connectivity index (χ4v) is 2.13. The molecular formula is C17H18ClFN2O2. The molecule has 122 valence electrons. The van der Waals surface area contributed by atoms with Crippen molar-refractivity contribution in [2.45, 2.75) is 6.42 Å². The molecule has 2 rings (SSSR count). The molecule has 1 amide bonds. The fraction of sp³-hybridized carbons (Fsp3) is 0.235. The molecule has 0 unspecified atom stereocenters. The molecule has 0 radical (unpaired) electrons. The monoisotopic (exact) mass is 336 g/mol. The molecule has 4 nitrogen and oxygen atoms in total. The first-order chi connectivity index (χ1) is 11.0. The number of hydrogen-bond acceptors (Lipinski definition) is 3. The number of nitrogens with one attached hydrogen (secondary N) is 1. The summed E-state index contributed by atoms with van der Waals surface area (Å²) in [5.41, 5.74) is 1.78. The van der Waals surface area contributed by atoms with Gasteiger partial charge >= 0.3 is 0 Å². The highest BCUT2D eigenvalue weighted by atomic mass is 35.5. The van der Waals surface area contributed by atoms with Crippen LogP contribution in [-0.2, 0) is 4.79 Å². The molecule has 0 aliphatic carbocycles. The summed E-state index contributed by atoms with van der Waals surface area (Å²) in [5.74, 6) is -0.238. The summed E-state index contributed by atoms with van der Waals surface area (Å²) < 4.78 is 18.3. The Balaban J connectivity index is 1.80. The van der Waals surface area contributed by atoms with Crippen LogP contribution in [0.1, 0.15) is 6.42 Å². The lowest BCUT2D eigenvalue weighted by atomic mass is 10.2. The zero-order valence-electron chi connectivity index (χ0n) is 13.0. The first kappa shape index (κ1) is 17.1. The Kier molecular flexibility index (Phi) is 5.82. The second kappa shape index (κ2) is 7.83. The first-order valence-electron chi connectivity index (χ1n) is 7.11. The van der Waals surface area contributed by atoms with Crippen molar-refractivity contribution in [3.05, 3.63) is 53.3 Å². The number of carbonyl (C=O) groups excluding carboxylic acids is 1. The van der Waals surface area contributed by atoms with Crippen molar-refractivity contribution in [3.63, 3.8) is 0 Å². The minimum atomic E-state index is -0.429. The Morgan fingerprint density at radius 3 is 2.52 bits per heavy atom. The van der Waals surface area contributed by atoms with Crippen LogP contribution in [0, 0.1) is 5.82 Å². The third-order valence-electron chi connectivity index (χ3n) is 3.15. The zero-order valence-corrected chi connectivity index (χ0v) is 13.7. The van der Waals surface area contributed by atoms with E-state index in [-0.39, 0.29) is 24.0 Å². The molecule has 0 bridgehead atoms. The van der Waals surface area contributed by atoms with Crippen molar-refractivity contribution >= 4 is 28.9 Å². The Morgan fingerprint density at radius 1 is 1.22 bits per heavy atom. The summed E-state index contributed by atoms with van der Waals surface area (Å²) in [7, 11) is 3.90. The maximum Gasteiger partial charge on any atom is 0.227 e. The molecule has 2 aromatic rings. The maximum absolute atomic E-state index is 12.9. The normalized spacial score (nSPS) is 10.3. The lowest BCUT2D eigenvalue weighted by molar-refractivity contribution is -0.116. The van der Waals surface area contributed by atoms with E-state index >= 15 is 0 Å². The molecule has 6 heteroatoms. The van der Waals surface area contributed by atoms with Crippen molar-refractivity contribution < 1.29 is 13.9 Å². The van der Waals surface area contributed by atoms with E-state index in [2.05, 4.69) is 5.32 Å². The lowest BCUT2D eigenvalue weighted by Gasteiger charge is -2.13. The highest BCUT2D eigenvalue weighted by Crippen LogP contribution is 2.25. The number of rotatable bonds is 6. The molecule has 1 N–H and O–H groups in total. The van der Waals surface area contributed by atoms with E-state index < -0.39 is 5.82 Å². The molecule has 2 aromatic carbocycles. The van der Waals surface area contributed by atoms with Crippen molar-refractivity contribution in [1.29, 1.82) is 0 Å². The van der Waals surface area contributed by atoms with Gasteiger partial charge in [-0.15, -0.1) is 0 Å². The van der Waals surface area contributed by atoms with Gasteiger partial charge in [-0.2, -0.15) is 0 Å². The summed E-state index contributed by atoms with van der Waals surface area (Å²) in [6.07, 6.45) is 0.170. The summed E-state index contributed by atoms with van der Waals surface area (Å²) >= 11 is 5.85. The molecule has 0 saturated heterocycles. The number of amides is 1. The van der Waals surface area contributed by atoms with Crippen LogP contribution in [-0.4, -0.2) is 26.6 Å². The van der Waals surface area contributed by atoms with Crippen molar-refractivity contribution in [2.24, 2.45) is 0 Å². The second-order valence-corrected chi connectivity index (χ2v) is 5.57. The smallest absolute Gasteiger partial charge is 0.227 e. The fourth-order valence-electron chi connectivity index (χ4n) is 1.91. The summed E-state index contributed by atoms with van der Waals surface area (Å²) in [4.78, 5) is 13.8. The summed E-state index contributed by atoms with van der Waals surface area (Å²) in [6, 6.07) is 11.4. The van der Waals surface area contributed by atoms with Gasteiger partial charge in [0.2, 0.25) is 5.91 Å². The molecular weight excluding hydrogens is 319 g/mol. The van der Waals surface area contributed by atoms with E-state index in [0.717, 1.165) is 11.4 Å². The van der Waals surface area contributed by atoms with Crippen LogP contribution in [0.4, 0.5) is 15.8 Å². The van der Waals surface area contributed by atoms with Gasteiger partial charge in [0, 0.05) is 25.5 Å². The number of hydrogen-bond donors (Lipinski definition) is 1. The van der Waals surface area contributed by atoms with Crippen LogP contribution in [0.2, 0.25) is 5.02 Å². The first-order valence-corrected chi connectivity index (χ1v) is 7.48. The zero-order chi connectivity index (χ0) is 16.8. The van der Waals surface area contributed by atoms with Gasteiger partial charge < -0.3 is 15.0 Å². The quantitative estimate of drug-likeness (QED) is 0.868. The van der Waals surface area contributed by atoms with Gasteiger partial charge in [-0.25, -0.2) is 4.39 Å². The van der Waals surface area contributed by atoms with Crippen LogP contribution in [0.3, 0.4) is 0 Å². The summed E-state index contributed by atoms with van der Waals surface area (Å²) in [6.45, 7) is 0.160. The Hall–Kier alpha value is -2.27. The highest BCUT2D eigenvalue weighted by Gasteiger charge is 2.06. The second-order valence-electron chi connectivity index (χ2n) is 5.16. The number of halogens is 2. The van der Waals surface area contributed by atoms with Gasteiger partial charge in [-0.1, -0.05) is 11.6 Å². The largest absolute Gasteiger partial charge is 0.491 e. The predicted octanol–water partition coefficient (Wildman–Crippen LogP) is 3.95. The number of anilines is 2. The molecule has 23 heavy (non-hydrogen) atoms. The molecule has 0 aliphatic heterocycles. The van der Waals surface area contributed by atoms with Gasteiger partial charge in [0.1, 0.15) is 11.6 Å². The molecule has 0 spiro atoms. The van der Waals surface area contributed by atoms with Gasteiger partial charge in [0.25, 0.3) is 0 Å². The standard InChI is InChI=1S/C17H18ClFN2O2/c1-21(2)14-6-4-13(5-7-14)20-17(22)9-10-23-16-8-3-12(19)11-15(16)18/h3-8,11H,9-10H2,1-2H3,(H,20,22). The summed E-state index contributed by atoms with van der Waals surface area (Å²) in [5, 5.41) is 2.97. The average molecular weight is 337 g/mol. The number of benzene rings is 2. The van der Waals surface area contributed by atoms with Crippen LogP contribution < -0.4 is 15.0 Å². The number of ether oxygens (including phenoxy) is 1. The van der Waals surface area contributed by atoms with E-state index in [1.54, 1.807) is 0 Å². The van der Waals surface area contributed by atoms with Crippen LogP contribution in [0.15, 0.2) is 42.5 Å². The van der Waals surface area contributed by atoms with E-state index in [4.69, 9.17) is 16.3 Å². The Bertz CT molecular complexity index is 675. The van der Waals surface area contributed by atoms with Gasteiger partial charge in [0.15, 0.2) is 0 Å². The molecule has 0 fully saturated rings. The van der Waals surface area contributed by atoms with Gasteiger partial charge in [-0.3, -0.25) is 4.79 Å². The molecule has 0 saturated carbocycles. The van der Waals surface area contributed by atoms with Gasteiger partial charge in [0.05, 0.1) is 18.1 Å². The van der Waals surface area contributed by atoms with E-state index in [1.165, 1.54) is 18.2 Å². The van der Waals surface area contributed by atoms with Crippen LogP contribution >= 0.6 is 11.6 Å². The third kappa shape index (κ3) is 5.14. The van der Waals surface area contributed by atoms with E-state index in [0.29, 0.717) is 5.75 Å². The third-order valence-corrected chi connectivity index (χ3v) is 3.44. The van der Waals surface area contributed by atoms with Crippen molar-refractivity contribution in [1.82, 2.24) is 0 Å². The maximum atomic E-state index is 12.9. The highest BCUT2D eigenvalue weighted by molar-refractivity contribution is 6.32. The molecule has 0 heterocycles. The SMILES string of the molecule is CN(C)c1ccc(NC(=O)CCOc2ccc(F)cc2Cl)cc1. The minimum Gasteiger partial charge on any atom is -0.491 e. The number of carbonyl (C=O) groups is 1. The molecule has 0 aromatic heterocycles. The molecule has 0 aliphatic rings. The topological polar surface area (TPSA) is 41.6 Å². The number of nitrogens with zero attached hydrogens (tertiary/aromatic N) is 1. The van der Waals surface area contributed by atoms with Crippen molar-refractivity contribution in [3.8, 4) is 5.75 Å². The predicted molar refractivity (Wildman–Crippen MR) is 90.9 cm³/mol. The van der Waals surface area contributed by atoms with Crippen molar-refractivity contribution in [2.75, 3.05) is 30.9 Å². The Morgan fingerprint density at radius 2 is 1.91 bits per heavy atom. The van der Waals surface area contributed by atoms with E-state index in [1.807, 2.05) is 43.3 Å². The Labute approximate surface area is 139 Å². The molecule has 0 atom stereocenters. The van der Waals surface area contributed by atoms with E-state index in [9.17, 15) is 9.18 Å². The minimum absolute atomic E-state index is 0.160. The van der Waals surface area contributed by atoms with Gasteiger partial charge in [-0.05, 0) is 42.5 Å². The van der Waals surface area contributed by atoms with Crippen LogP contribution in [0.25, 0.3) is 0 Å². The van der Waals surface area contributed by atoms with Crippen LogP contribution in [0.5, 0.6) is 5.75 Å². The lowest BCUT2D eigenvalue weighted by Crippen LogP contribution is -2.15. The average Bonchev–Trinajstić information content (AvgIpc) is 2.50.